The molecule has 0 atom stereocenters. The van der Waals surface area contributed by atoms with Gasteiger partial charge in [0.25, 0.3) is 0 Å². The van der Waals surface area contributed by atoms with Crippen molar-refractivity contribution in [2.75, 3.05) is 10.5 Å². The van der Waals surface area contributed by atoms with Gasteiger partial charge in [-0.2, -0.15) is 0 Å². The summed E-state index contributed by atoms with van der Waals surface area (Å²) in [4.78, 5) is -0.248. The predicted molar refractivity (Wildman–Crippen MR) is 84.3 cm³/mol. The highest BCUT2D eigenvalue weighted by molar-refractivity contribution is 7.92. The normalized spacial score (nSPS) is 13.2. The lowest BCUT2D eigenvalue weighted by atomic mass is 9.94. The fourth-order valence-corrected chi connectivity index (χ4v) is 4.03. The second-order valence-corrected chi connectivity index (χ2v) is 9.70. The van der Waals surface area contributed by atoms with Crippen LogP contribution in [0.5, 0.6) is 0 Å². The van der Waals surface area contributed by atoms with E-state index in [1.165, 1.54) is 18.2 Å². The van der Waals surface area contributed by atoms with Gasteiger partial charge in [0.15, 0.2) is 0 Å². The number of nitrogens with two attached hydrogens (primary N) is 1. The van der Waals surface area contributed by atoms with Gasteiger partial charge in [0.2, 0.25) is 20.0 Å². The molecule has 3 N–H and O–H groups in total. The van der Waals surface area contributed by atoms with Gasteiger partial charge in [0, 0.05) is 0 Å². The number of halogens is 1. The van der Waals surface area contributed by atoms with Crippen molar-refractivity contribution >= 4 is 37.3 Å². The third kappa shape index (κ3) is 6.21. The van der Waals surface area contributed by atoms with Crippen LogP contribution in [-0.2, 0) is 20.0 Å². The number of anilines is 1. The van der Waals surface area contributed by atoms with Crippen LogP contribution in [0.25, 0.3) is 0 Å². The van der Waals surface area contributed by atoms with Gasteiger partial charge in [-0.1, -0.05) is 32.4 Å². The van der Waals surface area contributed by atoms with Crippen LogP contribution in [0.2, 0.25) is 5.02 Å². The molecule has 0 saturated carbocycles. The van der Waals surface area contributed by atoms with Crippen LogP contribution < -0.4 is 9.86 Å². The topological polar surface area (TPSA) is 106 Å². The maximum absolute atomic E-state index is 11.9. The van der Waals surface area contributed by atoms with E-state index in [1.807, 2.05) is 20.8 Å². The molecule has 21 heavy (non-hydrogen) atoms. The van der Waals surface area contributed by atoms with E-state index in [-0.39, 0.29) is 26.8 Å². The molecule has 0 amide bonds. The number of benzene rings is 1. The fourth-order valence-electron chi connectivity index (χ4n) is 1.47. The summed E-state index contributed by atoms with van der Waals surface area (Å²) in [7, 11) is -7.45. The Labute approximate surface area is 130 Å². The summed E-state index contributed by atoms with van der Waals surface area (Å²) in [6.45, 7) is 5.83. The van der Waals surface area contributed by atoms with Crippen molar-refractivity contribution in [2.45, 2.75) is 32.1 Å². The van der Waals surface area contributed by atoms with Gasteiger partial charge < -0.3 is 0 Å². The Morgan fingerprint density at radius 1 is 1.19 bits per heavy atom. The molecule has 0 unspecified atom stereocenters. The van der Waals surface area contributed by atoms with Crippen LogP contribution in [0.1, 0.15) is 27.2 Å². The van der Waals surface area contributed by atoms with E-state index in [1.54, 1.807) is 0 Å². The van der Waals surface area contributed by atoms with Crippen molar-refractivity contribution in [2.24, 2.45) is 10.6 Å². The maximum atomic E-state index is 11.9. The Morgan fingerprint density at radius 3 is 2.19 bits per heavy atom. The van der Waals surface area contributed by atoms with Crippen LogP contribution in [0, 0.1) is 5.41 Å². The van der Waals surface area contributed by atoms with Crippen LogP contribution in [0.15, 0.2) is 23.1 Å². The Balaban J connectivity index is 2.92. The minimum absolute atomic E-state index is 0.0366. The predicted octanol–water partition coefficient (Wildman–Crippen LogP) is 2.17. The largest absolute Gasteiger partial charge is 0.284 e. The SMILES string of the molecule is CC(C)(C)CCS(=O)(=O)Nc1ccc(S(N)(=O)=O)c(Cl)c1. The summed E-state index contributed by atoms with van der Waals surface area (Å²) in [5, 5.41) is 4.85. The molecular weight excluding hydrogens is 336 g/mol. The molecule has 0 bridgehead atoms. The van der Waals surface area contributed by atoms with Crippen molar-refractivity contribution in [3.63, 3.8) is 0 Å². The van der Waals surface area contributed by atoms with Gasteiger partial charge >= 0.3 is 0 Å². The molecule has 1 rings (SSSR count). The number of hydrogen-bond acceptors (Lipinski definition) is 4. The second kappa shape index (κ2) is 6.12. The Morgan fingerprint density at radius 2 is 1.76 bits per heavy atom. The van der Waals surface area contributed by atoms with Crippen LogP contribution in [0.4, 0.5) is 5.69 Å². The Hall–Kier alpha value is -0.830. The monoisotopic (exact) mass is 354 g/mol. The molecule has 1 aromatic rings. The van der Waals surface area contributed by atoms with Gasteiger partial charge in [-0.25, -0.2) is 22.0 Å². The molecule has 0 fully saturated rings. The third-order valence-electron chi connectivity index (χ3n) is 2.63. The van der Waals surface area contributed by atoms with E-state index >= 15 is 0 Å². The third-order valence-corrected chi connectivity index (χ3v) is 5.31. The first-order chi connectivity index (χ1) is 9.30. The van der Waals surface area contributed by atoms with E-state index in [2.05, 4.69) is 4.72 Å². The van der Waals surface area contributed by atoms with Crippen LogP contribution >= 0.6 is 11.6 Å². The zero-order valence-electron chi connectivity index (χ0n) is 12.1. The zero-order valence-corrected chi connectivity index (χ0v) is 14.4. The van der Waals surface area contributed by atoms with Gasteiger partial charge in [0.1, 0.15) is 4.90 Å². The number of rotatable bonds is 5. The zero-order chi connectivity index (χ0) is 16.5. The van der Waals surface area contributed by atoms with Crippen molar-refractivity contribution in [3.05, 3.63) is 23.2 Å². The Kier molecular flexibility index (Phi) is 5.31. The van der Waals surface area contributed by atoms with E-state index in [0.717, 1.165) is 0 Å². The summed E-state index contributed by atoms with van der Waals surface area (Å²) >= 11 is 5.80. The van der Waals surface area contributed by atoms with Crippen molar-refractivity contribution in [1.82, 2.24) is 0 Å². The molecule has 0 aromatic heterocycles. The second-order valence-electron chi connectivity index (χ2n) is 5.92. The fraction of sp³-hybridized carbons (Fsp3) is 0.500. The molecule has 0 spiro atoms. The lowest BCUT2D eigenvalue weighted by Crippen LogP contribution is -2.21. The molecule has 0 radical (unpaired) electrons. The van der Waals surface area contributed by atoms with Gasteiger partial charge in [-0.15, -0.1) is 0 Å². The molecule has 0 saturated heterocycles. The van der Waals surface area contributed by atoms with E-state index in [4.69, 9.17) is 16.7 Å². The minimum atomic E-state index is -3.93. The molecule has 0 aliphatic heterocycles. The summed E-state index contributed by atoms with van der Waals surface area (Å²) in [6.07, 6.45) is 0.491. The van der Waals surface area contributed by atoms with Crippen molar-refractivity contribution in [1.29, 1.82) is 0 Å². The van der Waals surface area contributed by atoms with Gasteiger partial charge in [0.05, 0.1) is 16.5 Å². The molecule has 6 nitrogen and oxygen atoms in total. The highest BCUT2D eigenvalue weighted by Gasteiger charge is 2.19. The smallest absolute Gasteiger partial charge is 0.239 e. The minimum Gasteiger partial charge on any atom is -0.284 e. The first-order valence-electron chi connectivity index (χ1n) is 6.13. The van der Waals surface area contributed by atoms with Crippen molar-refractivity contribution in [3.8, 4) is 0 Å². The average molecular weight is 355 g/mol. The molecule has 0 heterocycles. The molecular formula is C12H19ClN2O4S2. The highest BCUT2D eigenvalue weighted by atomic mass is 35.5. The number of primary sulfonamides is 1. The first kappa shape index (κ1) is 18.2. The first-order valence-corrected chi connectivity index (χ1v) is 9.71. The molecule has 0 aliphatic carbocycles. The number of nitrogens with one attached hydrogen (secondary N) is 1. The van der Waals surface area contributed by atoms with E-state index in [9.17, 15) is 16.8 Å². The maximum Gasteiger partial charge on any atom is 0.239 e. The summed E-state index contributed by atoms with van der Waals surface area (Å²) < 4.78 is 48.7. The molecule has 1 aromatic carbocycles. The molecule has 120 valence electrons. The number of sulfonamides is 2. The van der Waals surface area contributed by atoms with Crippen molar-refractivity contribution < 1.29 is 16.8 Å². The number of hydrogen-bond donors (Lipinski definition) is 2. The average Bonchev–Trinajstić information content (AvgIpc) is 2.23. The lowest BCUT2D eigenvalue weighted by molar-refractivity contribution is 0.397. The highest BCUT2D eigenvalue weighted by Crippen LogP contribution is 2.25. The van der Waals surface area contributed by atoms with Gasteiger partial charge in [-0.05, 0) is 30.0 Å². The van der Waals surface area contributed by atoms with Crippen LogP contribution in [-0.4, -0.2) is 22.6 Å². The van der Waals surface area contributed by atoms with E-state index in [0.29, 0.717) is 6.42 Å². The van der Waals surface area contributed by atoms with Crippen LogP contribution in [0.3, 0.4) is 0 Å². The molecule has 0 aliphatic rings. The summed E-state index contributed by atoms with van der Waals surface area (Å²) in [5.41, 5.74) is 0.0884. The quantitative estimate of drug-likeness (QED) is 0.844. The lowest BCUT2D eigenvalue weighted by Gasteiger charge is -2.18. The van der Waals surface area contributed by atoms with Gasteiger partial charge in [-0.3, -0.25) is 4.72 Å². The van der Waals surface area contributed by atoms with E-state index < -0.39 is 20.0 Å². The Bertz CT molecular complexity index is 722. The summed E-state index contributed by atoms with van der Waals surface area (Å²) in [5.74, 6) is -0.0366. The summed E-state index contributed by atoms with van der Waals surface area (Å²) in [6, 6.07) is 3.69. The standard InChI is InChI=1S/C12H19ClN2O4S2/c1-12(2,3)6-7-20(16,17)15-9-4-5-11(10(13)8-9)21(14,18)19/h4-5,8,15H,6-7H2,1-3H3,(H2,14,18,19). The molecule has 9 heteroatoms.